The molecule has 0 aliphatic heterocycles. The summed E-state index contributed by atoms with van der Waals surface area (Å²) in [5, 5.41) is 10.2. The van der Waals surface area contributed by atoms with Crippen LogP contribution in [0.4, 0.5) is 0 Å². The van der Waals surface area contributed by atoms with Crippen molar-refractivity contribution in [3.05, 3.63) is 22.0 Å². The number of furan rings is 1. The molecule has 0 atom stereocenters. The fraction of sp³-hybridized carbons (Fsp3) is 0.400. The van der Waals surface area contributed by atoms with Gasteiger partial charge in [0.05, 0.1) is 6.61 Å². The zero-order valence-electron chi connectivity index (χ0n) is 7.43. The summed E-state index contributed by atoms with van der Waals surface area (Å²) >= 11 is 3.48. The highest BCUT2D eigenvalue weighted by molar-refractivity contribution is 9.14. The van der Waals surface area contributed by atoms with Gasteiger partial charge in [0.2, 0.25) is 0 Å². The van der Waals surface area contributed by atoms with Crippen molar-refractivity contribution in [1.82, 2.24) is 0 Å². The first kappa shape index (κ1) is 9.03. The van der Waals surface area contributed by atoms with Gasteiger partial charge in [0.25, 0.3) is 0 Å². The van der Waals surface area contributed by atoms with Crippen LogP contribution >= 0.6 is 15.9 Å². The molecule has 0 saturated heterocycles. The van der Waals surface area contributed by atoms with Crippen molar-refractivity contribution in [3.63, 3.8) is 0 Å². The first-order chi connectivity index (χ1) is 6.24. The number of rotatable bonds is 1. The molecule has 1 heterocycles. The van der Waals surface area contributed by atoms with E-state index in [0.29, 0.717) is 0 Å². The van der Waals surface area contributed by atoms with Crippen molar-refractivity contribution >= 4 is 26.5 Å². The lowest BCUT2D eigenvalue weighted by atomic mass is 10.1. The maximum atomic E-state index is 9.15. The van der Waals surface area contributed by atoms with E-state index in [1.165, 1.54) is 0 Å². The van der Waals surface area contributed by atoms with E-state index in [9.17, 15) is 0 Å². The second-order valence-electron chi connectivity index (χ2n) is 3.19. The van der Waals surface area contributed by atoms with Crippen molar-refractivity contribution in [3.8, 4) is 0 Å². The van der Waals surface area contributed by atoms with Crippen molar-refractivity contribution in [2.45, 2.75) is 26.4 Å². The quantitative estimate of drug-likeness (QED) is 0.802. The average Bonchev–Trinajstić information content (AvgIpc) is 2.43. The maximum Gasteiger partial charge on any atom is 0.144 e. The highest BCUT2D eigenvalue weighted by Crippen LogP contribution is 2.16. The van der Waals surface area contributed by atoms with Crippen LogP contribution in [-0.4, -0.2) is 5.11 Å². The molecule has 1 aromatic heterocycles. The Hall–Kier alpha value is -0.540. The topological polar surface area (TPSA) is 33.4 Å². The number of aryl methyl sites for hydroxylation is 1. The monoisotopic (exact) mass is 242 g/mol. The lowest BCUT2D eigenvalue weighted by Gasteiger charge is -1.98. The number of aliphatic hydroxyl groups is 1. The molecule has 0 aromatic carbocycles. The van der Waals surface area contributed by atoms with Crippen LogP contribution in [0.2, 0.25) is 0 Å². The molecule has 0 amide bonds. The number of fused-ring (bicyclic) bond motifs is 1. The standard InChI is InChI=1S/C10H11BrO2/c1-6-8(5-12)7-3-2-4-9(11)10(7)13-6/h3,12H,2,4-5H2,1H3. The highest BCUT2D eigenvalue weighted by atomic mass is 79.9. The first-order valence-corrected chi connectivity index (χ1v) is 5.11. The Morgan fingerprint density at radius 2 is 2.38 bits per heavy atom. The predicted octanol–water partition coefficient (Wildman–Crippen LogP) is 1.16. The molecule has 1 aliphatic rings. The van der Waals surface area contributed by atoms with Gasteiger partial charge in [-0.25, -0.2) is 0 Å². The van der Waals surface area contributed by atoms with Crippen LogP contribution in [0.15, 0.2) is 4.42 Å². The average molecular weight is 243 g/mol. The lowest BCUT2D eigenvalue weighted by Crippen LogP contribution is -2.26. The predicted molar refractivity (Wildman–Crippen MR) is 54.7 cm³/mol. The third-order valence-electron chi connectivity index (χ3n) is 2.37. The third-order valence-corrected chi connectivity index (χ3v) is 3.12. The summed E-state index contributed by atoms with van der Waals surface area (Å²) in [5.41, 5.74) is 1.82. The van der Waals surface area contributed by atoms with Gasteiger partial charge in [0.15, 0.2) is 0 Å². The number of aliphatic hydroxyl groups excluding tert-OH is 1. The van der Waals surface area contributed by atoms with Gasteiger partial charge in [-0.15, -0.1) is 0 Å². The molecule has 0 saturated carbocycles. The molecule has 3 heteroatoms. The smallest absolute Gasteiger partial charge is 0.144 e. The summed E-state index contributed by atoms with van der Waals surface area (Å²) in [6.07, 6.45) is 4.13. The normalized spacial score (nSPS) is 15.5. The van der Waals surface area contributed by atoms with Crippen molar-refractivity contribution in [2.75, 3.05) is 0 Å². The summed E-state index contributed by atoms with van der Waals surface area (Å²) in [6, 6.07) is 0. The summed E-state index contributed by atoms with van der Waals surface area (Å²) in [7, 11) is 0. The number of hydrogen-bond acceptors (Lipinski definition) is 2. The Morgan fingerprint density at radius 1 is 1.62 bits per heavy atom. The fourth-order valence-corrected chi connectivity index (χ4v) is 2.19. The molecule has 0 radical (unpaired) electrons. The van der Waals surface area contributed by atoms with Crippen LogP contribution in [0, 0.1) is 6.92 Å². The summed E-state index contributed by atoms with van der Waals surface area (Å²) in [6.45, 7) is 1.94. The molecular formula is C10H11BrO2. The molecule has 2 nitrogen and oxygen atoms in total. The second-order valence-corrected chi connectivity index (χ2v) is 4.14. The molecule has 70 valence electrons. The third kappa shape index (κ3) is 1.36. The van der Waals surface area contributed by atoms with E-state index in [1.54, 1.807) is 0 Å². The minimum atomic E-state index is 0.0570. The lowest BCUT2D eigenvalue weighted by molar-refractivity contribution is 0.278. The summed E-state index contributed by atoms with van der Waals surface area (Å²) < 4.78 is 6.67. The van der Waals surface area contributed by atoms with Gasteiger partial charge in [-0.05, 0) is 19.8 Å². The van der Waals surface area contributed by atoms with E-state index in [-0.39, 0.29) is 6.61 Å². The van der Waals surface area contributed by atoms with Crippen molar-refractivity contribution in [2.24, 2.45) is 0 Å². The molecular weight excluding hydrogens is 232 g/mol. The SMILES string of the molecule is Cc1oc2c(c1CO)=CCCC=2Br. The van der Waals surface area contributed by atoms with Crippen molar-refractivity contribution in [1.29, 1.82) is 0 Å². The first-order valence-electron chi connectivity index (χ1n) is 4.32. The van der Waals surface area contributed by atoms with Gasteiger partial charge in [-0.3, -0.25) is 0 Å². The second kappa shape index (κ2) is 3.31. The van der Waals surface area contributed by atoms with Gasteiger partial charge in [0, 0.05) is 15.3 Å². The Morgan fingerprint density at radius 3 is 3.08 bits per heavy atom. The molecule has 0 unspecified atom stereocenters. The maximum absolute atomic E-state index is 9.15. The van der Waals surface area contributed by atoms with Crippen LogP contribution in [0.3, 0.4) is 0 Å². The minimum Gasteiger partial charge on any atom is -0.460 e. The molecule has 13 heavy (non-hydrogen) atoms. The summed E-state index contributed by atoms with van der Waals surface area (Å²) in [5.74, 6) is 0.822. The number of hydrogen-bond donors (Lipinski definition) is 1. The Bertz CT molecular complexity index is 442. The van der Waals surface area contributed by atoms with Gasteiger partial charge in [-0.2, -0.15) is 0 Å². The van der Waals surface area contributed by atoms with Gasteiger partial charge in [0.1, 0.15) is 11.2 Å². The van der Waals surface area contributed by atoms with Crippen LogP contribution in [0.25, 0.3) is 10.6 Å². The minimum absolute atomic E-state index is 0.0570. The zero-order chi connectivity index (χ0) is 9.42. The highest BCUT2D eigenvalue weighted by Gasteiger charge is 2.11. The zero-order valence-corrected chi connectivity index (χ0v) is 9.02. The van der Waals surface area contributed by atoms with E-state index in [1.807, 2.05) is 6.92 Å². The molecule has 0 spiro atoms. The van der Waals surface area contributed by atoms with E-state index in [4.69, 9.17) is 9.52 Å². The summed E-state index contributed by atoms with van der Waals surface area (Å²) in [4.78, 5) is 0. The molecule has 2 rings (SSSR count). The van der Waals surface area contributed by atoms with Gasteiger partial charge in [-0.1, -0.05) is 22.0 Å². The van der Waals surface area contributed by atoms with Crippen LogP contribution < -0.4 is 10.6 Å². The van der Waals surface area contributed by atoms with Gasteiger partial charge < -0.3 is 9.52 Å². The van der Waals surface area contributed by atoms with E-state index >= 15 is 0 Å². The largest absolute Gasteiger partial charge is 0.460 e. The van der Waals surface area contributed by atoms with E-state index in [2.05, 4.69) is 22.0 Å². The Balaban J connectivity index is 2.85. The number of halogens is 1. The van der Waals surface area contributed by atoms with E-state index in [0.717, 1.165) is 39.3 Å². The molecule has 0 bridgehead atoms. The van der Waals surface area contributed by atoms with Crippen LogP contribution in [0.5, 0.6) is 0 Å². The fourth-order valence-electron chi connectivity index (χ4n) is 1.67. The van der Waals surface area contributed by atoms with Crippen LogP contribution in [0.1, 0.15) is 24.2 Å². The Labute approximate surface area is 84.7 Å². The molecule has 1 aromatic rings. The molecule has 1 N–H and O–H groups in total. The van der Waals surface area contributed by atoms with Crippen LogP contribution in [-0.2, 0) is 6.61 Å². The van der Waals surface area contributed by atoms with Crippen molar-refractivity contribution < 1.29 is 9.52 Å². The molecule has 1 aliphatic carbocycles. The van der Waals surface area contributed by atoms with Gasteiger partial charge >= 0.3 is 0 Å². The molecule has 0 fully saturated rings. The Kier molecular flexibility index (Phi) is 2.30. The van der Waals surface area contributed by atoms with E-state index < -0.39 is 0 Å².